The van der Waals surface area contributed by atoms with Crippen LogP contribution in [0.4, 0.5) is 32.3 Å². The third-order valence-corrected chi connectivity index (χ3v) is 13.2. The van der Waals surface area contributed by atoms with Gasteiger partial charge in [-0.05, 0) is 137 Å². The third kappa shape index (κ3) is 9.33. The van der Waals surface area contributed by atoms with Crippen LogP contribution in [0.5, 0.6) is 0 Å². The monoisotopic (exact) mass is 1160 g/mol. The summed E-state index contributed by atoms with van der Waals surface area (Å²) >= 11 is 30.7. The van der Waals surface area contributed by atoms with Gasteiger partial charge in [-0.2, -0.15) is 0 Å². The van der Waals surface area contributed by atoms with Crippen molar-refractivity contribution in [1.82, 2.24) is 0 Å². The maximum Gasteiger partial charge on any atom is 0.343 e. The number of thiophene rings is 2. The van der Waals surface area contributed by atoms with E-state index in [0.717, 1.165) is 57.0 Å². The third-order valence-electron chi connectivity index (χ3n) is 7.98. The van der Waals surface area contributed by atoms with Gasteiger partial charge < -0.3 is 5.11 Å². The van der Waals surface area contributed by atoms with E-state index in [4.69, 9.17) is 23.2 Å². The SMILES string of the molecule is Clc1ccc(Br)s1.O=C1C(=O)N(c2ccc(Br)cc2)C(=O)N1c1ccc(Br)cc1.O=C1N(c2ccc(Br)cc2)C(=O)C(O)(c2ccc(Cl)s2)N1c1ccc(Br)cc1. The molecular formula is C38H21Br5Cl2N4O6S2. The topological polar surface area (TPSA) is 119 Å². The highest BCUT2D eigenvalue weighted by Gasteiger charge is 2.60. The number of anilines is 4. The number of amides is 7. The highest BCUT2D eigenvalue weighted by atomic mass is 79.9. The molecule has 4 aromatic carbocycles. The molecule has 0 saturated carbocycles. The van der Waals surface area contributed by atoms with Crippen molar-refractivity contribution < 1.29 is 29.1 Å². The number of carbonyl (C=O) groups excluding carboxylic acids is 5. The van der Waals surface area contributed by atoms with E-state index in [1.54, 1.807) is 109 Å². The normalized spacial score (nSPS) is 16.5. The van der Waals surface area contributed by atoms with Crippen LogP contribution in [-0.2, 0) is 20.1 Å². The molecule has 57 heavy (non-hydrogen) atoms. The van der Waals surface area contributed by atoms with Crippen molar-refractivity contribution in [1.29, 1.82) is 0 Å². The van der Waals surface area contributed by atoms with Crippen LogP contribution in [0, 0.1) is 0 Å². The molecule has 0 radical (unpaired) electrons. The molecule has 2 saturated heterocycles. The van der Waals surface area contributed by atoms with Gasteiger partial charge in [-0.15, -0.1) is 22.7 Å². The molecule has 4 heterocycles. The van der Waals surface area contributed by atoms with Crippen molar-refractivity contribution in [3.8, 4) is 0 Å². The second-order valence-electron chi connectivity index (χ2n) is 11.5. The molecule has 1 unspecified atom stereocenters. The van der Waals surface area contributed by atoms with Crippen molar-refractivity contribution in [2.45, 2.75) is 5.72 Å². The fraction of sp³-hybridized carbons (Fsp3) is 0.0263. The Morgan fingerprint density at radius 3 is 1.16 bits per heavy atom. The van der Waals surface area contributed by atoms with Crippen LogP contribution in [-0.4, -0.2) is 34.9 Å². The zero-order valence-electron chi connectivity index (χ0n) is 28.3. The fourth-order valence-electron chi connectivity index (χ4n) is 5.39. The lowest BCUT2D eigenvalue weighted by atomic mass is 10.1. The lowest BCUT2D eigenvalue weighted by molar-refractivity contribution is -0.133. The second kappa shape index (κ2) is 18.4. The van der Waals surface area contributed by atoms with E-state index in [2.05, 4.69) is 79.6 Å². The Morgan fingerprint density at radius 2 is 0.825 bits per heavy atom. The quantitative estimate of drug-likeness (QED) is 0.136. The first-order chi connectivity index (χ1) is 27.1. The number of aliphatic hydroxyl groups is 1. The minimum Gasteiger partial charge on any atom is -0.358 e. The van der Waals surface area contributed by atoms with Crippen LogP contribution in [0.3, 0.4) is 0 Å². The zero-order valence-corrected chi connectivity index (χ0v) is 39.4. The van der Waals surface area contributed by atoms with Gasteiger partial charge in [0.1, 0.15) is 0 Å². The maximum absolute atomic E-state index is 13.3. The summed E-state index contributed by atoms with van der Waals surface area (Å²) in [6.45, 7) is 0. The first kappa shape index (κ1) is 43.4. The number of imide groups is 3. The summed E-state index contributed by atoms with van der Waals surface area (Å²) in [4.78, 5) is 67.5. The summed E-state index contributed by atoms with van der Waals surface area (Å²) in [6.07, 6.45) is 0. The molecule has 0 spiro atoms. The molecule has 19 heteroatoms. The van der Waals surface area contributed by atoms with Gasteiger partial charge in [-0.25, -0.2) is 24.3 Å². The molecule has 2 aliphatic rings. The number of benzene rings is 4. The van der Waals surface area contributed by atoms with E-state index in [-0.39, 0.29) is 4.88 Å². The Labute approximate surface area is 385 Å². The molecule has 10 nitrogen and oxygen atoms in total. The van der Waals surface area contributed by atoms with E-state index in [1.807, 2.05) is 12.1 Å². The number of carbonyl (C=O) groups is 5. The Bertz CT molecular complexity index is 2410. The number of hydrogen-bond donors (Lipinski definition) is 1. The molecule has 1 atom stereocenters. The van der Waals surface area contributed by atoms with Crippen LogP contribution in [0.1, 0.15) is 4.88 Å². The first-order valence-corrected chi connectivity index (χ1v) is 22.3. The van der Waals surface area contributed by atoms with E-state index in [9.17, 15) is 29.1 Å². The number of rotatable bonds is 5. The molecule has 0 aliphatic carbocycles. The Kier molecular flexibility index (Phi) is 14.0. The molecule has 290 valence electrons. The summed E-state index contributed by atoms with van der Waals surface area (Å²) < 4.78 is 5.55. The molecule has 1 N–H and O–H groups in total. The zero-order chi connectivity index (χ0) is 41.2. The molecule has 7 amide bonds. The van der Waals surface area contributed by atoms with E-state index in [1.165, 1.54) is 11.3 Å². The van der Waals surface area contributed by atoms with Gasteiger partial charge in [0.25, 0.3) is 11.6 Å². The van der Waals surface area contributed by atoms with Gasteiger partial charge in [-0.3, -0.25) is 19.3 Å². The summed E-state index contributed by atoms with van der Waals surface area (Å²) in [5, 5.41) is 11.5. The van der Waals surface area contributed by atoms with E-state index in [0.29, 0.717) is 27.1 Å². The highest BCUT2D eigenvalue weighted by Crippen LogP contribution is 2.44. The molecule has 6 aromatic rings. The van der Waals surface area contributed by atoms with Crippen molar-refractivity contribution in [3.05, 3.63) is 157 Å². The number of nitrogens with zero attached hydrogens (tertiary/aromatic N) is 4. The molecule has 0 bridgehead atoms. The van der Waals surface area contributed by atoms with Gasteiger partial charge in [0.15, 0.2) is 0 Å². The summed E-state index contributed by atoms with van der Waals surface area (Å²) in [5.41, 5.74) is -0.750. The predicted octanol–water partition coefficient (Wildman–Crippen LogP) is 12.6. The minimum atomic E-state index is -2.20. The molecule has 2 aromatic heterocycles. The molecule has 2 aliphatic heterocycles. The average molecular weight is 1160 g/mol. The smallest absolute Gasteiger partial charge is 0.343 e. The summed E-state index contributed by atoms with van der Waals surface area (Å²) in [7, 11) is 0. The van der Waals surface area contributed by atoms with Crippen molar-refractivity contribution >= 4 is 178 Å². The van der Waals surface area contributed by atoms with Crippen LogP contribution in [0.15, 0.2) is 143 Å². The Balaban J connectivity index is 0.000000168. The minimum absolute atomic E-state index is 0.262. The van der Waals surface area contributed by atoms with Crippen molar-refractivity contribution in [2.75, 3.05) is 19.6 Å². The van der Waals surface area contributed by atoms with E-state index >= 15 is 0 Å². The lowest BCUT2D eigenvalue weighted by Gasteiger charge is -2.29. The van der Waals surface area contributed by atoms with Gasteiger partial charge in [0.05, 0.1) is 34.4 Å². The maximum atomic E-state index is 13.3. The van der Waals surface area contributed by atoms with Crippen molar-refractivity contribution in [3.63, 3.8) is 0 Å². The fourth-order valence-corrected chi connectivity index (χ4v) is 9.27. The largest absolute Gasteiger partial charge is 0.358 e. The second-order valence-corrected chi connectivity index (χ2v) is 20.0. The lowest BCUT2D eigenvalue weighted by Crippen LogP contribution is -2.46. The number of hydrogen-bond acceptors (Lipinski definition) is 8. The first-order valence-electron chi connectivity index (χ1n) is 15.9. The predicted molar refractivity (Wildman–Crippen MR) is 243 cm³/mol. The van der Waals surface area contributed by atoms with Gasteiger partial charge in [0, 0.05) is 23.6 Å². The van der Waals surface area contributed by atoms with Gasteiger partial charge in [-0.1, -0.05) is 86.9 Å². The highest BCUT2D eigenvalue weighted by molar-refractivity contribution is 9.11. The Hall–Kier alpha value is -3.23. The van der Waals surface area contributed by atoms with E-state index < -0.39 is 35.5 Å². The van der Waals surface area contributed by atoms with Crippen LogP contribution >= 0.6 is 126 Å². The Morgan fingerprint density at radius 1 is 0.456 bits per heavy atom. The van der Waals surface area contributed by atoms with Crippen molar-refractivity contribution in [2.24, 2.45) is 0 Å². The summed E-state index contributed by atoms with van der Waals surface area (Å²) in [5.74, 6) is -2.49. The number of urea groups is 2. The van der Waals surface area contributed by atoms with Crippen LogP contribution in [0.25, 0.3) is 0 Å². The molecular weight excluding hydrogens is 1140 g/mol. The molecule has 8 rings (SSSR count). The van der Waals surface area contributed by atoms with Gasteiger partial charge >= 0.3 is 23.9 Å². The molecule has 2 fully saturated rings. The summed E-state index contributed by atoms with van der Waals surface area (Å²) in [6, 6.07) is 32.2. The van der Waals surface area contributed by atoms with Gasteiger partial charge in [0.2, 0.25) is 0 Å². The number of halogens is 7. The standard InChI is InChI=1S/C19H11Br2ClN2O3S.C15H8Br2N2O3.C4H2BrClS/c20-11-1-5-13(6-2-11)23-17(25)19(27,15-9-10-16(22)28-15)24(18(23)26)14-7-3-12(21)4-8-14;16-9-1-5-11(6-2-9)18-13(20)14(21)19(15(18)22)12-7-3-10(17)4-8-12;5-3-1-2-4(6)7-3/h1-10,27H;1-8H;1-2H. The van der Waals surface area contributed by atoms with Crippen LogP contribution in [0.2, 0.25) is 8.67 Å². The van der Waals surface area contributed by atoms with Crippen LogP contribution < -0.4 is 19.6 Å². The average Bonchev–Trinajstić information content (AvgIpc) is 3.91.